The number of methoxy groups -OCH3 is 1. The van der Waals surface area contributed by atoms with Crippen molar-refractivity contribution in [3.63, 3.8) is 0 Å². The van der Waals surface area contributed by atoms with Gasteiger partial charge in [-0.2, -0.15) is 0 Å². The Balaban J connectivity index is 2.14. The van der Waals surface area contributed by atoms with Gasteiger partial charge in [0.2, 0.25) is 5.91 Å². The molecule has 30 heavy (non-hydrogen) atoms. The molecule has 1 aliphatic heterocycles. The normalized spacial score (nSPS) is 18.0. The van der Waals surface area contributed by atoms with Crippen molar-refractivity contribution in [2.45, 2.75) is 44.7 Å². The van der Waals surface area contributed by atoms with Crippen molar-refractivity contribution in [1.82, 2.24) is 4.90 Å². The molecule has 1 aliphatic rings. The van der Waals surface area contributed by atoms with Crippen LogP contribution in [0.5, 0.6) is 23.0 Å². The van der Waals surface area contributed by atoms with Crippen molar-refractivity contribution >= 4 is 11.9 Å². The highest BCUT2D eigenvalue weighted by Gasteiger charge is 2.41. The molecule has 0 aliphatic carbocycles. The lowest BCUT2D eigenvalue weighted by Crippen LogP contribution is -2.52. The van der Waals surface area contributed by atoms with Gasteiger partial charge in [0.1, 0.15) is 6.04 Å². The molecule has 160 valence electrons. The van der Waals surface area contributed by atoms with E-state index in [9.17, 15) is 30.0 Å². The molecule has 3 rings (SSSR count). The van der Waals surface area contributed by atoms with Crippen LogP contribution >= 0.6 is 0 Å². The van der Waals surface area contributed by atoms with Crippen molar-refractivity contribution in [3.05, 3.63) is 47.0 Å². The number of aromatic hydroxyl groups is 4. The van der Waals surface area contributed by atoms with Crippen LogP contribution in [0.15, 0.2) is 30.3 Å². The topological polar surface area (TPSA) is 128 Å². The Kier molecular flexibility index (Phi) is 6.05. The summed E-state index contributed by atoms with van der Waals surface area (Å²) in [7, 11) is 1.25. The van der Waals surface area contributed by atoms with Gasteiger partial charge in [-0.25, -0.2) is 4.79 Å². The van der Waals surface area contributed by atoms with Gasteiger partial charge in [0.15, 0.2) is 23.0 Å². The quantitative estimate of drug-likeness (QED) is 0.436. The van der Waals surface area contributed by atoms with Gasteiger partial charge in [-0.1, -0.05) is 13.0 Å². The fourth-order valence-electron chi connectivity index (χ4n) is 3.95. The minimum atomic E-state index is -0.888. The number of phenols is 4. The number of nitrogens with zero attached hydrogens (tertiary/aromatic N) is 1. The Morgan fingerprint density at radius 1 is 1.03 bits per heavy atom. The molecule has 8 heteroatoms. The molecule has 0 saturated heterocycles. The van der Waals surface area contributed by atoms with E-state index in [1.165, 1.54) is 36.3 Å². The second-order valence-corrected chi connectivity index (χ2v) is 7.38. The Morgan fingerprint density at radius 2 is 1.70 bits per heavy atom. The summed E-state index contributed by atoms with van der Waals surface area (Å²) in [5, 5.41) is 39.5. The molecular weight excluding hydrogens is 390 g/mol. The van der Waals surface area contributed by atoms with E-state index in [0.29, 0.717) is 23.1 Å². The standard InChI is InChI=1S/C22H25NO7/c1-3-4-21(28)23-15(7-12-5-6-17(24)18(25)8-12)14-11-20(27)19(26)10-13(14)9-16(23)22(29)30-2/h5-6,8,10-11,15-16,24-27H,3-4,7,9H2,1-2H3/t15-,16-/m0/s1. The van der Waals surface area contributed by atoms with E-state index in [2.05, 4.69) is 0 Å². The predicted molar refractivity (Wildman–Crippen MR) is 107 cm³/mol. The highest BCUT2D eigenvalue weighted by atomic mass is 16.5. The lowest BCUT2D eigenvalue weighted by Gasteiger charge is -2.42. The van der Waals surface area contributed by atoms with Crippen LogP contribution in [0.1, 0.15) is 42.5 Å². The van der Waals surface area contributed by atoms with Crippen LogP contribution < -0.4 is 0 Å². The molecule has 0 saturated carbocycles. The maximum atomic E-state index is 13.0. The molecule has 0 radical (unpaired) electrons. The average Bonchev–Trinajstić information content (AvgIpc) is 2.71. The summed E-state index contributed by atoms with van der Waals surface area (Å²) in [5.74, 6) is -2.02. The summed E-state index contributed by atoms with van der Waals surface area (Å²) in [5.41, 5.74) is 1.84. The summed E-state index contributed by atoms with van der Waals surface area (Å²) in [4.78, 5) is 27.0. The third-order valence-electron chi connectivity index (χ3n) is 5.37. The zero-order valence-electron chi connectivity index (χ0n) is 16.8. The van der Waals surface area contributed by atoms with Crippen molar-refractivity contribution in [2.24, 2.45) is 0 Å². The summed E-state index contributed by atoms with van der Waals surface area (Å²) < 4.78 is 4.93. The van der Waals surface area contributed by atoms with Gasteiger partial charge in [0.25, 0.3) is 0 Å². The zero-order valence-corrected chi connectivity index (χ0v) is 16.8. The van der Waals surface area contributed by atoms with E-state index >= 15 is 0 Å². The summed E-state index contributed by atoms with van der Waals surface area (Å²) in [6, 6.07) is 5.60. The highest BCUT2D eigenvalue weighted by molar-refractivity contribution is 5.86. The van der Waals surface area contributed by atoms with E-state index in [-0.39, 0.29) is 48.2 Å². The number of ether oxygens (including phenoxy) is 1. The number of amides is 1. The first-order valence-electron chi connectivity index (χ1n) is 9.71. The van der Waals surface area contributed by atoms with Crippen LogP contribution in [0.25, 0.3) is 0 Å². The number of benzene rings is 2. The second kappa shape index (κ2) is 8.52. The number of hydrogen-bond acceptors (Lipinski definition) is 7. The van der Waals surface area contributed by atoms with Crippen molar-refractivity contribution in [1.29, 1.82) is 0 Å². The third-order valence-corrected chi connectivity index (χ3v) is 5.37. The van der Waals surface area contributed by atoms with Gasteiger partial charge in [-0.3, -0.25) is 4.79 Å². The molecule has 0 spiro atoms. The fourth-order valence-corrected chi connectivity index (χ4v) is 3.95. The SMILES string of the molecule is CCCC(=O)N1[C@H](C(=O)OC)Cc2cc(O)c(O)cc2[C@@H]1Cc1ccc(O)c(O)c1. The molecule has 0 bridgehead atoms. The lowest BCUT2D eigenvalue weighted by atomic mass is 9.84. The first-order valence-corrected chi connectivity index (χ1v) is 9.71. The summed E-state index contributed by atoms with van der Waals surface area (Å²) in [6.07, 6.45) is 1.17. The Morgan fingerprint density at radius 3 is 2.33 bits per heavy atom. The minimum Gasteiger partial charge on any atom is -0.504 e. The lowest BCUT2D eigenvalue weighted by molar-refractivity contribution is -0.156. The largest absolute Gasteiger partial charge is 0.504 e. The van der Waals surface area contributed by atoms with E-state index < -0.39 is 18.1 Å². The minimum absolute atomic E-state index is 0.141. The molecule has 4 N–H and O–H groups in total. The van der Waals surface area contributed by atoms with Gasteiger partial charge in [0.05, 0.1) is 13.2 Å². The monoisotopic (exact) mass is 415 g/mol. The molecule has 0 unspecified atom stereocenters. The fraction of sp³-hybridized carbons (Fsp3) is 0.364. The van der Waals surface area contributed by atoms with Gasteiger partial charge in [0, 0.05) is 12.8 Å². The first kappa shape index (κ1) is 21.3. The van der Waals surface area contributed by atoms with Gasteiger partial charge < -0.3 is 30.1 Å². The summed E-state index contributed by atoms with van der Waals surface area (Å²) >= 11 is 0. The molecule has 0 aromatic heterocycles. The van der Waals surface area contributed by atoms with Crippen LogP contribution in [0.3, 0.4) is 0 Å². The van der Waals surface area contributed by atoms with Crippen LogP contribution in [-0.4, -0.2) is 50.4 Å². The number of esters is 1. The summed E-state index contributed by atoms with van der Waals surface area (Å²) in [6.45, 7) is 1.86. The predicted octanol–water partition coefficient (Wildman–Crippen LogP) is 2.52. The number of rotatable bonds is 5. The Hall–Kier alpha value is -3.42. The van der Waals surface area contributed by atoms with Gasteiger partial charge >= 0.3 is 5.97 Å². The maximum absolute atomic E-state index is 13.0. The Labute approximate surface area is 174 Å². The second-order valence-electron chi connectivity index (χ2n) is 7.38. The van der Waals surface area contributed by atoms with E-state index in [0.717, 1.165) is 0 Å². The van der Waals surface area contributed by atoms with Crippen molar-refractivity contribution < 1.29 is 34.8 Å². The van der Waals surface area contributed by atoms with Crippen LogP contribution in [0, 0.1) is 0 Å². The van der Waals surface area contributed by atoms with E-state index in [1.807, 2.05) is 6.92 Å². The molecular formula is C22H25NO7. The third kappa shape index (κ3) is 3.98. The van der Waals surface area contributed by atoms with Crippen molar-refractivity contribution in [3.8, 4) is 23.0 Å². The molecule has 1 amide bonds. The number of fused-ring (bicyclic) bond motifs is 1. The number of hydrogen-bond donors (Lipinski definition) is 4. The zero-order chi connectivity index (χ0) is 22.0. The van der Waals surface area contributed by atoms with Crippen LogP contribution in [0.4, 0.5) is 0 Å². The maximum Gasteiger partial charge on any atom is 0.328 e. The molecule has 0 fully saturated rings. The van der Waals surface area contributed by atoms with Gasteiger partial charge in [-0.15, -0.1) is 0 Å². The van der Waals surface area contributed by atoms with Crippen LogP contribution in [-0.2, 0) is 27.2 Å². The molecule has 2 atom stereocenters. The van der Waals surface area contributed by atoms with Gasteiger partial charge in [-0.05, 0) is 53.8 Å². The number of carbonyl (C=O) groups is 2. The first-order chi connectivity index (χ1) is 14.3. The van der Waals surface area contributed by atoms with Crippen LogP contribution in [0.2, 0.25) is 0 Å². The Bertz CT molecular complexity index is 972. The molecule has 8 nitrogen and oxygen atoms in total. The number of carbonyl (C=O) groups excluding carboxylic acids is 2. The average molecular weight is 415 g/mol. The van der Waals surface area contributed by atoms with Crippen molar-refractivity contribution in [2.75, 3.05) is 7.11 Å². The molecule has 2 aromatic rings. The molecule has 1 heterocycles. The van der Waals surface area contributed by atoms with E-state index in [4.69, 9.17) is 4.74 Å². The number of phenolic OH excluding ortho intramolecular Hbond substituents is 4. The smallest absolute Gasteiger partial charge is 0.328 e. The molecule has 2 aromatic carbocycles. The highest BCUT2D eigenvalue weighted by Crippen LogP contribution is 2.41. The van der Waals surface area contributed by atoms with E-state index in [1.54, 1.807) is 6.07 Å².